The Hall–Kier alpha value is -0.690. The minimum Gasteiger partial charge on any atom is -0.494 e. The van der Waals surface area contributed by atoms with E-state index in [0.717, 1.165) is 23.8 Å². The predicted octanol–water partition coefficient (Wildman–Crippen LogP) is 5.81. The molecule has 0 N–H and O–H groups in total. The summed E-state index contributed by atoms with van der Waals surface area (Å²) in [5, 5.41) is 0.813. The highest BCUT2D eigenvalue weighted by Gasteiger charge is 2.06. The van der Waals surface area contributed by atoms with E-state index in [-0.39, 0.29) is 0 Å². The molecule has 1 aromatic carbocycles. The Balaban J connectivity index is 2.33. The number of hydrogen-bond acceptors (Lipinski definition) is 1. The minimum absolute atomic E-state index is 0.459. The Morgan fingerprint density at radius 1 is 1.11 bits per heavy atom. The molecule has 0 aromatic heterocycles. The van der Waals surface area contributed by atoms with Gasteiger partial charge in [-0.3, -0.25) is 0 Å². The van der Waals surface area contributed by atoms with E-state index in [1.807, 2.05) is 12.1 Å². The van der Waals surface area contributed by atoms with Crippen LogP contribution in [-0.4, -0.2) is 6.61 Å². The zero-order valence-electron chi connectivity index (χ0n) is 11.8. The summed E-state index contributed by atoms with van der Waals surface area (Å²) in [4.78, 5) is 0. The summed E-state index contributed by atoms with van der Waals surface area (Å²) in [6, 6.07) is 6.02. The van der Waals surface area contributed by atoms with Gasteiger partial charge in [0.25, 0.3) is 0 Å². The van der Waals surface area contributed by atoms with Crippen LogP contribution in [0.25, 0.3) is 0 Å². The monoisotopic (exact) mass is 268 g/mol. The molecule has 2 heteroatoms. The van der Waals surface area contributed by atoms with E-state index in [4.69, 9.17) is 16.3 Å². The Morgan fingerprint density at radius 3 is 2.44 bits per heavy atom. The van der Waals surface area contributed by atoms with Crippen molar-refractivity contribution in [3.05, 3.63) is 28.8 Å². The molecule has 0 aliphatic carbocycles. The summed E-state index contributed by atoms with van der Waals surface area (Å²) in [5.74, 6) is 1.35. The maximum atomic E-state index is 6.23. The van der Waals surface area contributed by atoms with Gasteiger partial charge in [0, 0.05) is 5.02 Å². The molecule has 0 saturated heterocycles. The lowest BCUT2D eigenvalue weighted by Gasteiger charge is -2.11. The topological polar surface area (TPSA) is 9.23 Å². The van der Waals surface area contributed by atoms with Crippen LogP contribution in [0.5, 0.6) is 5.75 Å². The van der Waals surface area contributed by atoms with E-state index in [1.54, 1.807) is 0 Å². The van der Waals surface area contributed by atoms with Gasteiger partial charge in [0.2, 0.25) is 0 Å². The Bertz CT molecular complexity index is 347. The van der Waals surface area contributed by atoms with Crippen molar-refractivity contribution in [1.82, 2.24) is 0 Å². The molecular weight excluding hydrogens is 244 g/mol. The fourth-order valence-corrected chi connectivity index (χ4v) is 2.35. The Labute approximate surface area is 116 Å². The van der Waals surface area contributed by atoms with Gasteiger partial charge in [-0.15, -0.1) is 0 Å². The van der Waals surface area contributed by atoms with E-state index in [9.17, 15) is 0 Å². The fourth-order valence-electron chi connectivity index (χ4n) is 1.96. The first-order chi connectivity index (χ1) is 8.65. The van der Waals surface area contributed by atoms with Crippen molar-refractivity contribution in [3.8, 4) is 5.75 Å². The zero-order valence-corrected chi connectivity index (χ0v) is 12.6. The maximum absolute atomic E-state index is 6.23. The number of halogens is 1. The van der Waals surface area contributed by atoms with Crippen molar-refractivity contribution >= 4 is 11.6 Å². The van der Waals surface area contributed by atoms with Crippen LogP contribution >= 0.6 is 11.6 Å². The van der Waals surface area contributed by atoms with Gasteiger partial charge in [0.05, 0.1) is 6.61 Å². The van der Waals surface area contributed by atoms with E-state index in [0.29, 0.717) is 5.92 Å². The quantitative estimate of drug-likeness (QED) is 0.540. The second-order valence-corrected chi connectivity index (χ2v) is 5.51. The Kier molecular flexibility index (Phi) is 7.19. The molecule has 18 heavy (non-hydrogen) atoms. The average Bonchev–Trinajstić information content (AvgIpc) is 2.33. The third kappa shape index (κ3) is 5.30. The first-order valence-electron chi connectivity index (χ1n) is 7.07. The molecule has 1 aromatic rings. The van der Waals surface area contributed by atoms with Gasteiger partial charge in [0.15, 0.2) is 0 Å². The number of rotatable bonds is 8. The molecule has 0 fully saturated rings. The van der Waals surface area contributed by atoms with E-state index >= 15 is 0 Å². The van der Waals surface area contributed by atoms with Crippen LogP contribution in [0.3, 0.4) is 0 Å². The summed E-state index contributed by atoms with van der Waals surface area (Å²) in [5.41, 5.74) is 1.19. The van der Waals surface area contributed by atoms with Gasteiger partial charge in [-0.2, -0.15) is 0 Å². The molecular formula is C16H25ClO. The van der Waals surface area contributed by atoms with Crippen LogP contribution in [0.15, 0.2) is 18.2 Å². The van der Waals surface area contributed by atoms with Crippen LogP contribution in [0.4, 0.5) is 0 Å². The highest BCUT2D eigenvalue weighted by molar-refractivity contribution is 6.31. The van der Waals surface area contributed by atoms with E-state index in [1.165, 1.54) is 31.2 Å². The summed E-state index contributed by atoms with van der Waals surface area (Å²) < 4.78 is 5.72. The van der Waals surface area contributed by atoms with Gasteiger partial charge in [-0.25, -0.2) is 0 Å². The molecule has 0 unspecified atom stereocenters. The van der Waals surface area contributed by atoms with Crippen molar-refractivity contribution in [3.63, 3.8) is 0 Å². The molecule has 0 aliphatic rings. The maximum Gasteiger partial charge on any atom is 0.120 e. The second-order valence-electron chi connectivity index (χ2n) is 5.10. The summed E-state index contributed by atoms with van der Waals surface area (Å²) in [7, 11) is 0. The molecule has 0 aliphatic heterocycles. The normalized spacial score (nSPS) is 10.9. The lowest BCUT2D eigenvalue weighted by atomic mass is 10.0. The second kappa shape index (κ2) is 8.42. The number of benzene rings is 1. The van der Waals surface area contributed by atoms with Gasteiger partial charge >= 0.3 is 0 Å². The first kappa shape index (κ1) is 15.4. The third-order valence-corrected chi connectivity index (χ3v) is 3.44. The van der Waals surface area contributed by atoms with Crippen LogP contribution < -0.4 is 4.74 Å². The van der Waals surface area contributed by atoms with Crippen molar-refractivity contribution in [2.24, 2.45) is 0 Å². The summed E-state index contributed by atoms with van der Waals surface area (Å²) >= 11 is 6.23. The molecule has 0 heterocycles. The van der Waals surface area contributed by atoms with Crippen molar-refractivity contribution < 1.29 is 4.74 Å². The van der Waals surface area contributed by atoms with E-state index < -0.39 is 0 Å². The number of hydrogen-bond donors (Lipinski definition) is 0. The molecule has 1 rings (SSSR count). The summed E-state index contributed by atoms with van der Waals surface area (Å²) in [6.45, 7) is 7.32. The van der Waals surface area contributed by atoms with Gasteiger partial charge in [-0.1, -0.05) is 64.1 Å². The Morgan fingerprint density at radius 2 is 1.83 bits per heavy atom. The lowest BCUT2D eigenvalue weighted by molar-refractivity contribution is 0.304. The molecule has 0 radical (unpaired) electrons. The molecule has 0 saturated carbocycles. The number of unbranched alkanes of at least 4 members (excludes halogenated alkanes) is 4. The van der Waals surface area contributed by atoms with Crippen molar-refractivity contribution in [1.29, 1.82) is 0 Å². The molecule has 1 nitrogen and oxygen atoms in total. The lowest BCUT2D eigenvalue weighted by Crippen LogP contribution is -1.98. The van der Waals surface area contributed by atoms with Crippen LogP contribution in [0, 0.1) is 0 Å². The van der Waals surface area contributed by atoms with E-state index in [2.05, 4.69) is 26.8 Å². The smallest absolute Gasteiger partial charge is 0.120 e. The standard InChI is InChI=1S/C16H25ClO/c1-4-5-6-7-8-11-18-14-9-10-15(13(2)3)16(17)12-14/h9-10,12-13H,4-8,11H2,1-3H3. The number of ether oxygens (including phenoxy) is 1. The summed E-state index contributed by atoms with van der Waals surface area (Å²) in [6.07, 6.45) is 6.31. The molecule has 102 valence electrons. The predicted molar refractivity (Wildman–Crippen MR) is 79.8 cm³/mol. The van der Waals surface area contributed by atoms with Crippen LogP contribution in [-0.2, 0) is 0 Å². The van der Waals surface area contributed by atoms with Crippen LogP contribution in [0.2, 0.25) is 5.02 Å². The van der Waals surface area contributed by atoms with Gasteiger partial charge < -0.3 is 4.74 Å². The largest absolute Gasteiger partial charge is 0.494 e. The third-order valence-electron chi connectivity index (χ3n) is 3.11. The molecule has 0 amide bonds. The highest BCUT2D eigenvalue weighted by atomic mass is 35.5. The van der Waals surface area contributed by atoms with Crippen molar-refractivity contribution in [2.75, 3.05) is 6.61 Å². The van der Waals surface area contributed by atoms with Gasteiger partial charge in [0.1, 0.15) is 5.75 Å². The molecule has 0 atom stereocenters. The zero-order chi connectivity index (χ0) is 13.4. The van der Waals surface area contributed by atoms with Gasteiger partial charge in [-0.05, 0) is 30.0 Å². The fraction of sp³-hybridized carbons (Fsp3) is 0.625. The average molecular weight is 269 g/mol. The SMILES string of the molecule is CCCCCCCOc1ccc(C(C)C)c(Cl)c1. The molecule has 0 spiro atoms. The minimum atomic E-state index is 0.459. The highest BCUT2D eigenvalue weighted by Crippen LogP contribution is 2.28. The van der Waals surface area contributed by atoms with Crippen LogP contribution in [0.1, 0.15) is 64.4 Å². The molecule has 0 bridgehead atoms. The first-order valence-corrected chi connectivity index (χ1v) is 7.45. The van der Waals surface area contributed by atoms with Crippen molar-refractivity contribution in [2.45, 2.75) is 58.8 Å².